The van der Waals surface area contributed by atoms with Crippen molar-refractivity contribution in [3.63, 3.8) is 0 Å². The highest BCUT2D eigenvalue weighted by Crippen LogP contribution is 2.28. The van der Waals surface area contributed by atoms with Gasteiger partial charge in [-0.2, -0.15) is 0 Å². The molecule has 0 fully saturated rings. The van der Waals surface area contributed by atoms with Crippen molar-refractivity contribution >= 4 is 43.2 Å². The van der Waals surface area contributed by atoms with Gasteiger partial charge >= 0.3 is 0 Å². The second-order valence-corrected chi connectivity index (χ2v) is 6.07. The van der Waals surface area contributed by atoms with Crippen molar-refractivity contribution in [3.8, 4) is 0 Å². The minimum Gasteiger partial charge on any atom is -0.381 e. The van der Waals surface area contributed by atoms with E-state index in [-0.39, 0.29) is 5.69 Å². The molecule has 104 valence electrons. The molecule has 0 aliphatic carbocycles. The lowest BCUT2D eigenvalue weighted by Gasteiger charge is -2.08. The van der Waals surface area contributed by atoms with Gasteiger partial charge < -0.3 is 5.32 Å². The molecule has 0 saturated heterocycles. The van der Waals surface area contributed by atoms with E-state index in [4.69, 9.17) is 0 Å². The van der Waals surface area contributed by atoms with Crippen molar-refractivity contribution in [2.45, 2.75) is 13.5 Å². The quantitative estimate of drug-likeness (QED) is 0.578. The Balaban J connectivity index is 2.12. The summed E-state index contributed by atoms with van der Waals surface area (Å²) in [7, 11) is 0. The first-order chi connectivity index (χ1) is 9.47. The topological polar surface area (TPSA) is 55.2 Å². The van der Waals surface area contributed by atoms with Crippen LogP contribution in [0.1, 0.15) is 11.1 Å². The molecule has 0 amide bonds. The van der Waals surface area contributed by atoms with Gasteiger partial charge in [0.1, 0.15) is 0 Å². The fourth-order valence-electron chi connectivity index (χ4n) is 1.78. The van der Waals surface area contributed by atoms with Crippen LogP contribution in [-0.2, 0) is 6.54 Å². The second kappa shape index (κ2) is 6.37. The average Bonchev–Trinajstić information content (AvgIpc) is 2.41. The number of nitro benzene ring substituents is 1. The molecular formula is C14H12Br2N2O2. The van der Waals surface area contributed by atoms with Gasteiger partial charge in [-0.25, -0.2) is 0 Å². The maximum atomic E-state index is 10.9. The lowest BCUT2D eigenvalue weighted by Crippen LogP contribution is -2.00. The summed E-state index contributed by atoms with van der Waals surface area (Å²) >= 11 is 6.63. The van der Waals surface area contributed by atoms with Gasteiger partial charge in [0.05, 0.1) is 9.40 Å². The molecule has 0 saturated carbocycles. The summed E-state index contributed by atoms with van der Waals surface area (Å²) < 4.78 is 1.55. The fourth-order valence-corrected chi connectivity index (χ4v) is 2.42. The molecule has 2 aromatic carbocycles. The van der Waals surface area contributed by atoms with Gasteiger partial charge in [-0.3, -0.25) is 10.1 Å². The first kappa shape index (κ1) is 15.0. The highest BCUT2D eigenvalue weighted by Gasteiger charge is 2.12. The number of benzene rings is 2. The predicted octanol–water partition coefficient (Wildman–Crippen LogP) is 5.04. The number of nitro groups is 1. The zero-order chi connectivity index (χ0) is 14.7. The van der Waals surface area contributed by atoms with Gasteiger partial charge in [0, 0.05) is 22.8 Å². The molecule has 0 atom stereocenters. The summed E-state index contributed by atoms with van der Waals surface area (Å²) in [6.45, 7) is 2.64. The van der Waals surface area contributed by atoms with Crippen LogP contribution in [0.3, 0.4) is 0 Å². The molecule has 2 aromatic rings. The van der Waals surface area contributed by atoms with Crippen LogP contribution in [0.4, 0.5) is 11.4 Å². The Morgan fingerprint density at radius 2 is 1.85 bits per heavy atom. The minimum absolute atomic E-state index is 0.0574. The van der Waals surface area contributed by atoms with E-state index >= 15 is 0 Å². The third kappa shape index (κ3) is 3.58. The van der Waals surface area contributed by atoms with Crippen LogP contribution >= 0.6 is 31.9 Å². The van der Waals surface area contributed by atoms with Crippen LogP contribution in [0.5, 0.6) is 0 Å². The number of hydrogen-bond acceptors (Lipinski definition) is 3. The zero-order valence-corrected chi connectivity index (χ0v) is 13.9. The van der Waals surface area contributed by atoms with Crippen LogP contribution in [-0.4, -0.2) is 4.92 Å². The van der Waals surface area contributed by atoms with Gasteiger partial charge in [-0.15, -0.1) is 0 Å². The predicted molar refractivity (Wildman–Crippen MR) is 87.0 cm³/mol. The number of hydrogen-bond donors (Lipinski definition) is 1. The zero-order valence-electron chi connectivity index (χ0n) is 10.7. The molecular weight excluding hydrogens is 388 g/mol. The third-order valence-corrected chi connectivity index (χ3v) is 4.42. The first-order valence-corrected chi connectivity index (χ1v) is 7.49. The molecule has 2 rings (SSSR count). The number of anilines is 1. The maximum Gasteiger partial charge on any atom is 0.285 e. The molecule has 4 nitrogen and oxygen atoms in total. The van der Waals surface area contributed by atoms with Crippen LogP contribution in [0.2, 0.25) is 0 Å². The van der Waals surface area contributed by atoms with E-state index in [9.17, 15) is 10.1 Å². The molecule has 20 heavy (non-hydrogen) atoms. The Hall–Kier alpha value is -1.40. The number of aryl methyl sites for hydroxylation is 1. The SMILES string of the molecule is Cc1cc(CNc2ccc(Br)c([N+](=O)[O-])c2)ccc1Br. The summed E-state index contributed by atoms with van der Waals surface area (Å²) in [5.41, 5.74) is 3.06. The Bertz CT molecular complexity index is 660. The molecule has 0 aliphatic heterocycles. The summed E-state index contributed by atoms with van der Waals surface area (Å²) in [5.74, 6) is 0. The Morgan fingerprint density at radius 1 is 1.15 bits per heavy atom. The monoisotopic (exact) mass is 398 g/mol. The molecule has 1 N–H and O–H groups in total. The maximum absolute atomic E-state index is 10.9. The van der Waals surface area contributed by atoms with E-state index in [1.165, 1.54) is 6.07 Å². The second-order valence-electron chi connectivity index (χ2n) is 4.36. The normalized spacial score (nSPS) is 10.3. The first-order valence-electron chi connectivity index (χ1n) is 5.90. The van der Waals surface area contributed by atoms with E-state index in [2.05, 4.69) is 43.2 Å². The standard InChI is InChI=1S/C14H12Br2N2O2/c1-9-6-10(2-4-12(9)15)8-17-11-3-5-13(16)14(7-11)18(19)20/h2-7,17H,8H2,1H3. The number of nitrogens with zero attached hydrogens (tertiary/aromatic N) is 1. The van der Waals surface area contributed by atoms with Crippen LogP contribution in [0.15, 0.2) is 45.3 Å². The lowest BCUT2D eigenvalue weighted by molar-refractivity contribution is -0.385. The van der Waals surface area contributed by atoms with Gasteiger partial charge in [0.2, 0.25) is 0 Å². The molecule has 0 aliphatic rings. The number of nitrogens with one attached hydrogen (secondary N) is 1. The molecule has 0 radical (unpaired) electrons. The highest BCUT2D eigenvalue weighted by atomic mass is 79.9. The van der Waals surface area contributed by atoms with Crippen LogP contribution in [0.25, 0.3) is 0 Å². The Kier molecular flexibility index (Phi) is 4.77. The van der Waals surface area contributed by atoms with Gasteiger partial charge in [0.25, 0.3) is 5.69 Å². The molecule has 0 aromatic heterocycles. The van der Waals surface area contributed by atoms with Crippen LogP contribution < -0.4 is 5.32 Å². The Labute approximate surface area is 133 Å². The van der Waals surface area contributed by atoms with Gasteiger partial charge in [-0.1, -0.05) is 28.1 Å². The average molecular weight is 400 g/mol. The molecule has 6 heteroatoms. The molecule has 0 bridgehead atoms. The molecule has 0 spiro atoms. The number of halogens is 2. The van der Waals surface area contributed by atoms with E-state index in [1.54, 1.807) is 6.07 Å². The summed E-state index contributed by atoms with van der Waals surface area (Å²) in [6.07, 6.45) is 0. The molecule has 0 heterocycles. The number of rotatable bonds is 4. The molecule has 0 unspecified atom stereocenters. The van der Waals surface area contributed by atoms with Crippen molar-refractivity contribution in [1.29, 1.82) is 0 Å². The minimum atomic E-state index is -0.404. The van der Waals surface area contributed by atoms with Crippen molar-refractivity contribution in [2.75, 3.05) is 5.32 Å². The van der Waals surface area contributed by atoms with E-state index in [0.717, 1.165) is 21.3 Å². The van der Waals surface area contributed by atoms with E-state index in [1.807, 2.05) is 25.1 Å². The largest absolute Gasteiger partial charge is 0.381 e. The van der Waals surface area contributed by atoms with Crippen molar-refractivity contribution < 1.29 is 4.92 Å². The van der Waals surface area contributed by atoms with Crippen LogP contribution in [0, 0.1) is 17.0 Å². The smallest absolute Gasteiger partial charge is 0.285 e. The highest BCUT2D eigenvalue weighted by molar-refractivity contribution is 9.10. The summed E-state index contributed by atoms with van der Waals surface area (Å²) in [5, 5.41) is 14.1. The lowest BCUT2D eigenvalue weighted by atomic mass is 10.1. The van der Waals surface area contributed by atoms with E-state index < -0.39 is 4.92 Å². The third-order valence-electron chi connectivity index (χ3n) is 2.86. The summed E-state index contributed by atoms with van der Waals surface area (Å²) in [4.78, 5) is 10.5. The van der Waals surface area contributed by atoms with Crippen molar-refractivity contribution in [2.24, 2.45) is 0 Å². The van der Waals surface area contributed by atoms with Gasteiger partial charge in [0.15, 0.2) is 0 Å². The van der Waals surface area contributed by atoms with E-state index in [0.29, 0.717) is 11.0 Å². The van der Waals surface area contributed by atoms with Crippen molar-refractivity contribution in [3.05, 3.63) is 66.6 Å². The van der Waals surface area contributed by atoms with Crippen molar-refractivity contribution in [1.82, 2.24) is 0 Å². The fraction of sp³-hybridized carbons (Fsp3) is 0.143. The Morgan fingerprint density at radius 3 is 2.50 bits per heavy atom. The van der Waals surface area contributed by atoms with Gasteiger partial charge in [-0.05, 0) is 52.2 Å². The summed E-state index contributed by atoms with van der Waals surface area (Å²) in [6, 6.07) is 11.1.